The number of H-pyrrole nitrogens is 1. The van der Waals surface area contributed by atoms with E-state index in [1.165, 1.54) is 6.33 Å². The standard InChI is InChI=1S/C13H10N4O3/c18-13(19)11-10(14-7-15-11)12-16-9(17-20-12)6-8-4-2-1-3-5-8/h1-5,7H,6H2,(H,14,15)(H,18,19). The Kier molecular flexibility index (Phi) is 3.00. The molecule has 0 bridgehead atoms. The van der Waals surface area contributed by atoms with Crippen molar-refractivity contribution < 1.29 is 14.4 Å². The number of hydrogen-bond acceptors (Lipinski definition) is 5. The number of nitrogens with one attached hydrogen (secondary N) is 1. The largest absolute Gasteiger partial charge is 0.476 e. The third-order valence-electron chi connectivity index (χ3n) is 2.73. The number of carboxylic acids is 1. The number of carboxylic acid groups (broad SMARTS) is 1. The first-order valence-electron chi connectivity index (χ1n) is 5.87. The molecule has 0 aliphatic carbocycles. The fraction of sp³-hybridized carbons (Fsp3) is 0.0769. The van der Waals surface area contributed by atoms with Gasteiger partial charge < -0.3 is 14.6 Å². The van der Waals surface area contributed by atoms with Gasteiger partial charge in [0.15, 0.2) is 11.5 Å². The number of benzene rings is 1. The van der Waals surface area contributed by atoms with Crippen molar-refractivity contribution in [1.82, 2.24) is 20.1 Å². The van der Waals surface area contributed by atoms with Crippen molar-refractivity contribution in [2.45, 2.75) is 6.42 Å². The van der Waals surface area contributed by atoms with Crippen LogP contribution in [0.2, 0.25) is 0 Å². The number of rotatable bonds is 4. The number of aromatic amines is 1. The van der Waals surface area contributed by atoms with Gasteiger partial charge in [0, 0.05) is 6.42 Å². The molecule has 0 radical (unpaired) electrons. The molecule has 2 aromatic heterocycles. The maximum absolute atomic E-state index is 11.0. The van der Waals surface area contributed by atoms with Crippen LogP contribution in [0.5, 0.6) is 0 Å². The van der Waals surface area contributed by atoms with Crippen LogP contribution in [-0.2, 0) is 6.42 Å². The van der Waals surface area contributed by atoms with Gasteiger partial charge in [0.25, 0.3) is 5.89 Å². The zero-order valence-electron chi connectivity index (χ0n) is 10.3. The van der Waals surface area contributed by atoms with E-state index in [1.807, 2.05) is 30.3 Å². The van der Waals surface area contributed by atoms with E-state index in [9.17, 15) is 4.79 Å². The number of hydrogen-bond donors (Lipinski definition) is 2. The molecule has 20 heavy (non-hydrogen) atoms. The first-order chi connectivity index (χ1) is 9.74. The molecule has 0 aliphatic rings. The van der Waals surface area contributed by atoms with Crippen LogP contribution >= 0.6 is 0 Å². The summed E-state index contributed by atoms with van der Waals surface area (Å²) in [6.07, 6.45) is 1.79. The van der Waals surface area contributed by atoms with Crippen LogP contribution in [0.25, 0.3) is 11.6 Å². The molecule has 0 saturated carbocycles. The average molecular weight is 270 g/mol. The normalized spacial score (nSPS) is 10.6. The molecule has 0 unspecified atom stereocenters. The molecule has 0 saturated heterocycles. The molecule has 0 atom stereocenters. The zero-order chi connectivity index (χ0) is 13.9. The minimum Gasteiger partial charge on any atom is -0.476 e. The van der Waals surface area contributed by atoms with Gasteiger partial charge in [0.1, 0.15) is 5.69 Å². The summed E-state index contributed by atoms with van der Waals surface area (Å²) in [5, 5.41) is 12.8. The maximum Gasteiger partial charge on any atom is 0.356 e. The second-order valence-corrected chi connectivity index (χ2v) is 4.11. The Bertz CT molecular complexity index is 733. The van der Waals surface area contributed by atoms with Crippen molar-refractivity contribution >= 4 is 5.97 Å². The first kappa shape index (κ1) is 12.1. The van der Waals surface area contributed by atoms with E-state index in [4.69, 9.17) is 9.63 Å². The zero-order valence-corrected chi connectivity index (χ0v) is 10.3. The van der Waals surface area contributed by atoms with Gasteiger partial charge in [0.05, 0.1) is 6.33 Å². The van der Waals surface area contributed by atoms with Gasteiger partial charge in [-0.3, -0.25) is 0 Å². The molecular formula is C13H10N4O3. The summed E-state index contributed by atoms with van der Waals surface area (Å²) >= 11 is 0. The second-order valence-electron chi connectivity index (χ2n) is 4.11. The molecule has 7 heteroatoms. The predicted molar refractivity (Wildman–Crippen MR) is 68.1 cm³/mol. The summed E-state index contributed by atoms with van der Waals surface area (Å²) in [5.41, 5.74) is 1.12. The molecule has 0 amide bonds. The third kappa shape index (κ3) is 2.28. The van der Waals surface area contributed by atoms with Crippen LogP contribution < -0.4 is 0 Å². The SMILES string of the molecule is O=C(O)c1nc[nH]c1-c1nc(Cc2ccccc2)no1. The van der Waals surface area contributed by atoms with E-state index in [1.54, 1.807) is 0 Å². The van der Waals surface area contributed by atoms with Crippen LogP contribution in [0.15, 0.2) is 41.2 Å². The smallest absolute Gasteiger partial charge is 0.356 e. The number of carbonyl (C=O) groups is 1. The first-order valence-corrected chi connectivity index (χ1v) is 5.87. The quantitative estimate of drug-likeness (QED) is 0.748. The molecule has 0 aliphatic heterocycles. The van der Waals surface area contributed by atoms with Crippen molar-refractivity contribution in [3.8, 4) is 11.6 Å². The molecule has 0 spiro atoms. The van der Waals surface area contributed by atoms with E-state index >= 15 is 0 Å². The topological polar surface area (TPSA) is 105 Å². The number of imidazole rings is 1. The van der Waals surface area contributed by atoms with Gasteiger partial charge in [-0.1, -0.05) is 35.5 Å². The molecule has 7 nitrogen and oxygen atoms in total. The molecule has 100 valence electrons. The van der Waals surface area contributed by atoms with E-state index in [-0.39, 0.29) is 17.3 Å². The van der Waals surface area contributed by atoms with Crippen LogP contribution in [0.1, 0.15) is 21.9 Å². The van der Waals surface area contributed by atoms with Crippen LogP contribution in [0.3, 0.4) is 0 Å². The van der Waals surface area contributed by atoms with Gasteiger partial charge >= 0.3 is 5.97 Å². The highest BCUT2D eigenvalue weighted by molar-refractivity contribution is 5.91. The van der Waals surface area contributed by atoms with Gasteiger partial charge in [0.2, 0.25) is 0 Å². The molecule has 2 N–H and O–H groups in total. The molecule has 3 rings (SSSR count). The van der Waals surface area contributed by atoms with Crippen molar-refractivity contribution in [2.24, 2.45) is 0 Å². The van der Waals surface area contributed by atoms with Crippen LogP contribution in [-0.4, -0.2) is 31.2 Å². The van der Waals surface area contributed by atoms with Crippen molar-refractivity contribution in [1.29, 1.82) is 0 Å². The molecule has 2 heterocycles. The van der Waals surface area contributed by atoms with Gasteiger partial charge in [-0.05, 0) is 5.56 Å². The lowest BCUT2D eigenvalue weighted by molar-refractivity contribution is 0.0691. The third-order valence-corrected chi connectivity index (χ3v) is 2.73. The molecular weight excluding hydrogens is 260 g/mol. The van der Waals surface area contributed by atoms with Gasteiger partial charge in [-0.15, -0.1) is 0 Å². The van der Waals surface area contributed by atoms with Gasteiger partial charge in [-0.25, -0.2) is 9.78 Å². The molecule has 1 aromatic carbocycles. The fourth-order valence-electron chi connectivity index (χ4n) is 1.83. The highest BCUT2D eigenvalue weighted by Gasteiger charge is 2.20. The Hall–Kier alpha value is -2.96. The van der Waals surface area contributed by atoms with Crippen molar-refractivity contribution in [3.05, 3.63) is 53.7 Å². The Morgan fingerprint density at radius 1 is 1.30 bits per heavy atom. The highest BCUT2D eigenvalue weighted by atomic mass is 16.5. The summed E-state index contributed by atoms with van der Waals surface area (Å²) in [6, 6.07) is 9.68. The average Bonchev–Trinajstić information content (AvgIpc) is 3.07. The van der Waals surface area contributed by atoms with E-state index in [0.29, 0.717) is 12.2 Å². The van der Waals surface area contributed by atoms with E-state index in [2.05, 4.69) is 20.1 Å². The fourth-order valence-corrected chi connectivity index (χ4v) is 1.83. The van der Waals surface area contributed by atoms with Crippen LogP contribution in [0.4, 0.5) is 0 Å². The molecule has 0 fully saturated rings. The number of nitrogens with zero attached hydrogens (tertiary/aromatic N) is 3. The Balaban J connectivity index is 1.87. The van der Waals surface area contributed by atoms with E-state index < -0.39 is 5.97 Å². The highest BCUT2D eigenvalue weighted by Crippen LogP contribution is 2.19. The lowest BCUT2D eigenvalue weighted by Crippen LogP contribution is -1.99. The number of aromatic nitrogens is 4. The summed E-state index contributed by atoms with van der Waals surface area (Å²) in [5.74, 6) is -0.549. The Morgan fingerprint density at radius 3 is 2.85 bits per heavy atom. The van der Waals surface area contributed by atoms with E-state index in [0.717, 1.165) is 5.56 Å². The maximum atomic E-state index is 11.0. The lowest BCUT2D eigenvalue weighted by atomic mass is 10.1. The number of aromatic carboxylic acids is 1. The Labute approximate surface area is 113 Å². The second kappa shape index (κ2) is 4.96. The summed E-state index contributed by atoms with van der Waals surface area (Å²) in [4.78, 5) is 21.6. The molecule has 3 aromatic rings. The Morgan fingerprint density at radius 2 is 2.10 bits per heavy atom. The minimum atomic E-state index is -1.15. The van der Waals surface area contributed by atoms with Crippen LogP contribution in [0, 0.1) is 0 Å². The summed E-state index contributed by atoms with van der Waals surface area (Å²) in [6.45, 7) is 0. The lowest BCUT2D eigenvalue weighted by Gasteiger charge is -1.94. The van der Waals surface area contributed by atoms with Crippen molar-refractivity contribution in [3.63, 3.8) is 0 Å². The predicted octanol–water partition coefficient (Wildman–Crippen LogP) is 1.75. The van der Waals surface area contributed by atoms with Gasteiger partial charge in [-0.2, -0.15) is 4.98 Å². The summed E-state index contributed by atoms with van der Waals surface area (Å²) in [7, 11) is 0. The monoisotopic (exact) mass is 270 g/mol. The van der Waals surface area contributed by atoms with Crippen molar-refractivity contribution in [2.75, 3.05) is 0 Å². The minimum absolute atomic E-state index is 0.117. The summed E-state index contributed by atoms with van der Waals surface area (Å²) < 4.78 is 5.08.